The monoisotopic (exact) mass is 283 g/mol. The topological polar surface area (TPSA) is 29.5 Å². The minimum Gasteiger partial charge on any atom is -0.447 e. The van der Waals surface area contributed by atoms with Gasteiger partial charge in [0.25, 0.3) is 0 Å². The largest absolute Gasteiger partial charge is 0.447 e. The third kappa shape index (κ3) is 3.62. The van der Waals surface area contributed by atoms with Crippen LogP contribution in [0.2, 0.25) is 18.1 Å². The number of nitrogens with zero attached hydrogens (tertiary/aromatic N) is 1. The fourth-order valence-corrected chi connectivity index (χ4v) is 6.90. The molecule has 0 bridgehead atoms. The smallest absolute Gasteiger partial charge is 0.413 e. The molecule has 0 aromatic carbocycles. The Kier molecular flexibility index (Phi) is 6.62. The molecule has 0 saturated carbocycles. The lowest BCUT2D eigenvalue weighted by molar-refractivity contribution is 0.165. The lowest BCUT2D eigenvalue weighted by Crippen LogP contribution is -2.44. The van der Waals surface area contributed by atoms with E-state index >= 15 is 0 Å². The molecule has 1 amide bonds. The number of hydrogen-bond donors (Lipinski definition) is 0. The molecule has 1 aliphatic heterocycles. The van der Waals surface area contributed by atoms with Gasteiger partial charge in [0.1, 0.15) is 14.7 Å². The number of carbonyl (C=O) groups is 1. The Balaban J connectivity index is 3.02. The van der Waals surface area contributed by atoms with Gasteiger partial charge in [0.05, 0.1) is 6.54 Å². The van der Waals surface area contributed by atoms with Gasteiger partial charge in [-0.15, -0.1) is 0 Å². The van der Waals surface area contributed by atoms with Gasteiger partial charge in [-0.25, -0.2) is 4.79 Å². The predicted molar refractivity (Wildman–Crippen MR) is 82.9 cm³/mol. The third-order valence-corrected chi connectivity index (χ3v) is 10.1. The van der Waals surface area contributed by atoms with Gasteiger partial charge in [0.2, 0.25) is 0 Å². The molecule has 4 heteroatoms. The Morgan fingerprint density at radius 1 is 1.26 bits per heavy atom. The SMILES string of the molecule is CCCC/C=C(/N1CCOC1=O)[Si](CC)(CC)CC. The molecule has 1 aliphatic rings. The van der Waals surface area contributed by atoms with Gasteiger partial charge >= 0.3 is 6.09 Å². The molecule has 1 heterocycles. The third-order valence-electron chi connectivity index (χ3n) is 4.52. The fraction of sp³-hybridized carbons (Fsp3) is 0.800. The Hall–Kier alpha value is -0.773. The molecule has 0 aromatic rings. The Morgan fingerprint density at radius 3 is 2.32 bits per heavy atom. The second kappa shape index (κ2) is 7.73. The van der Waals surface area contributed by atoms with E-state index < -0.39 is 8.07 Å². The first-order valence-electron chi connectivity index (χ1n) is 7.80. The van der Waals surface area contributed by atoms with E-state index in [1.807, 2.05) is 4.90 Å². The summed E-state index contributed by atoms with van der Waals surface area (Å²) in [5.74, 6) is 0. The van der Waals surface area contributed by atoms with E-state index in [2.05, 4.69) is 33.8 Å². The average Bonchev–Trinajstić information content (AvgIpc) is 2.85. The lowest BCUT2D eigenvalue weighted by Gasteiger charge is -2.35. The summed E-state index contributed by atoms with van der Waals surface area (Å²) in [6.07, 6.45) is 5.71. The first-order valence-corrected chi connectivity index (χ1v) is 10.4. The van der Waals surface area contributed by atoms with Crippen molar-refractivity contribution in [3.63, 3.8) is 0 Å². The van der Waals surface area contributed by atoms with Crippen molar-refractivity contribution in [1.82, 2.24) is 4.90 Å². The Bertz CT molecular complexity index is 316. The molecule has 1 fully saturated rings. The minimum atomic E-state index is -1.52. The number of hydrogen-bond acceptors (Lipinski definition) is 2. The van der Waals surface area contributed by atoms with Crippen LogP contribution in [0.3, 0.4) is 0 Å². The van der Waals surface area contributed by atoms with E-state index in [1.54, 1.807) is 0 Å². The summed E-state index contributed by atoms with van der Waals surface area (Å²) in [6, 6.07) is 3.63. The van der Waals surface area contributed by atoms with Crippen molar-refractivity contribution in [2.45, 2.75) is 65.1 Å². The number of cyclic esters (lactones) is 1. The quantitative estimate of drug-likeness (QED) is 0.483. The van der Waals surface area contributed by atoms with Crippen molar-refractivity contribution in [3.8, 4) is 0 Å². The minimum absolute atomic E-state index is 0.130. The summed E-state index contributed by atoms with van der Waals surface area (Å²) in [6.45, 7) is 10.4. The highest BCUT2D eigenvalue weighted by atomic mass is 28.3. The number of ether oxygens (including phenoxy) is 1. The number of unbranched alkanes of at least 4 members (excludes halogenated alkanes) is 2. The van der Waals surface area contributed by atoms with E-state index in [0.717, 1.165) is 13.0 Å². The molecular formula is C15H29NO2Si. The molecule has 0 radical (unpaired) electrons. The zero-order chi connectivity index (χ0) is 14.3. The van der Waals surface area contributed by atoms with Crippen molar-refractivity contribution in [2.75, 3.05) is 13.2 Å². The predicted octanol–water partition coefficient (Wildman–Crippen LogP) is 4.56. The van der Waals surface area contributed by atoms with Crippen LogP contribution in [0.5, 0.6) is 0 Å². The highest BCUT2D eigenvalue weighted by molar-refractivity contribution is 6.86. The summed E-state index contributed by atoms with van der Waals surface area (Å²) in [7, 11) is -1.52. The van der Waals surface area contributed by atoms with Crippen LogP contribution in [0.1, 0.15) is 47.0 Å². The van der Waals surface area contributed by atoms with Crippen molar-refractivity contribution < 1.29 is 9.53 Å². The highest BCUT2D eigenvalue weighted by Gasteiger charge is 2.39. The number of rotatable bonds is 8. The van der Waals surface area contributed by atoms with Gasteiger partial charge < -0.3 is 4.74 Å². The van der Waals surface area contributed by atoms with E-state index in [0.29, 0.717) is 6.61 Å². The summed E-state index contributed by atoms with van der Waals surface area (Å²) in [5, 5.41) is 1.34. The van der Waals surface area contributed by atoms with Gasteiger partial charge in [0.15, 0.2) is 0 Å². The zero-order valence-electron chi connectivity index (χ0n) is 13.0. The number of allylic oxidation sites excluding steroid dienone is 1. The van der Waals surface area contributed by atoms with Crippen molar-refractivity contribution >= 4 is 14.2 Å². The molecule has 0 atom stereocenters. The van der Waals surface area contributed by atoms with Gasteiger partial charge in [-0.3, -0.25) is 4.90 Å². The average molecular weight is 283 g/mol. The summed E-state index contributed by atoms with van der Waals surface area (Å²) in [4.78, 5) is 13.9. The van der Waals surface area contributed by atoms with Crippen LogP contribution in [0.15, 0.2) is 11.4 Å². The second-order valence-corrected chi connectivity index (χ2v) is 10.5. The fourth-order valence-electron chi connectivity index (χ4n) is 2.96. The van der Waals surface area contributed by atoms with E-state index in [-0.39, 0.29) is 6.09 Å². The van der Waals surface area contributed by atoms with E-state index in [9.17, 15) is 4.79 Å². The lowest BCUT2D eigenvalue weighted by atomic mass is 10.2. The maximum atomic E-state index is 11.9. The molecule has 19 heavy (non-hydrogen) atoms. The van der Waals surface area contributed by atoms with Crippen LogP contribution in [0.4, 0.5) is 4.79 Å². The van der Waals surface area contributed by atoms with Crippen molar-refractivity contribution in [2.24, 2.45) is 0 Å². The zero-order valence-corrected chi connectivity index (χ0v) is 14.0. The van der Waals surface area contributed by atoms with Crippen LogP contribution >= 0.6 is 0 Å². The Morgan fingerprint density at radius 2 is 1.89 bits per heavy atom. The van der Waals surface area contributed by atoms with Gasteiger partial charge in [-0.1, -0.05) is 64.7 Å². The summed E-state index contributed by atoms with van der Waals surface area (Å²) < 4.78 is 5.15. The summed E-state index contributed by atoms with van der Waals surface area (Å²) >= 11 is 0. The molecule has 0 aliphatic carbocycles. The molecular weight excluding hydrogens is 254 g/mol. The standard InChI is InChI=1S/C15H29NO2Si/c1-5-9-10-11-14(16-12-13-18-15(16)17)19(6-2,7-3)8-4/h11H,5-10,12-13H2,1-4H3/b14-11-. The van der Waals surface area contributed by atoms with E-state index in [1.165, 1.54) is 36.3 Å². The van der Waals surface area contributed by atoms with Crippen LogP contribution in [-0.4, -0.2) is 32.2 Å². The molecule has 110 valence electrons. The van der Waals surface area contributed by atoms with Crippen LogP contribution in [0, 0.1) is 0 Å². The number of carbonyl (C=O) groups excluding carboxylic acids is 1. The summed E-state index contributed by atoms with van der Waals surface area (Å²) in [5.41, 5.74) is 0. The maximum absolute atomic E-state index is 11.9. The highest BCUT2D eigenvalue weighted by Crippen LogP contribution is 2.33. The van der Waals surface area contributed by atoms with Crippen LogP contribution in [-0.2, 0) is 4.74 Å². The van der Waals surface area contributed by atoms with Gasteiger partial charge in [-0.2, -0.15) is 0 Å². The molecule has 1 rings (SSSR count). The molecule has 0 aromatic heterocycles. The molecule has 0 unspecified atom stereocenters. The first-order chi connectivity index (χ1) is 9.15. The van der Waals surface area contributed by atoms with Gasteiger partial charge in [0, 0.05) is 5.32 Å². The van der Waals surface area contributed by atoms with Crippen LogP contribution in [0.25, 0.3) is 0 Å². The number of amides is 1. The van der Waals surface area contributed by atoms with E-state index in [4.69, 9.17) is 4.74 Å². The Labute approximate surface area is 119 Å². The first kappa shape index (κ1) is 16.3. The molecule has 3 nitrogen and oxygen atoms in total. The molecule has 1 saturated heterocycles. The second-order valence-electron chi connectivity index (χ2n) is 5.34. The van der Waals surface area contributed by atoms with Crippen molar-refractivity contribution in [1.29, 1.82) is 0 Å². The van der Waals surface area contributed by atoms with Gasteiger partial charge in [-0.05, 0) is 6.42 Å². The maximum Gasteiger partial charge on any atom is 0.413 e. The van der Waals surface area contributed by atoms with Crippen molar-refractivity contribution in [3.05, 3.63) is 11.4 Å². The normalized spacial score (nSPS) is 16.9. The van der Waals surface area contributed by atoms with Crippen LogP contribution < -0.4 is 0 Å². The molecule has 0 N–H and O–H groups in total. The molecule has 0 spiro atoms.